The van der Waals surface area contributed by atoms with E-state index in [4.69, 9.17) is 5.73 Å². The number of nitrogens with zero attached hydrogens (tertiary/aromatic N) is 1. The molecule has 0 aromatic heterocycles. The Morgan fingerprint density at radius 3 is 3.00 bits per heavy atom. The first kappa shape index (κ1) is 15.8. The van der Waals surface area contributed by atoms with Gasteiger partial charge in [0.05, 0.1) is 0 Å². The molecule has 4 heteroatoms. The lowest BCUT2D eigenvalue weighted by Crippen LogP contribution is -2.32. The van der Waals surface area contributed by atoms with E-state index in [9.17, 15) is 4.79 Å². The fourth-order valence-corrected chi connectivity index (χ4v) is 2.92. The van der Waals surface area contributed by atoms with Crippen LogP contribution in [0.3, 0.4) is 0 Å². The summed E-state index contributed by atoms with van der Waals surface area (Å²) < 4.78 is 0. The van der Waals surface area contributed by atoms with Crippen molar-refractivity contribution in [2.24, 2.45) is 5.73 Å². The number of benzene rings is 1. The Labute approximate surface area is 127 Å². The number of primary amides is 1. The Hall–Kier alpha value is -1.55. The normalized spacial score (nSPS) is 15.6. The Balaban J connectivity index is 2.10. The number of nitrogens with one attached hydrogen (secondary N) is 1. The van der Waals surface area contributed by atoms with Crippen molar-refractivity contribution in [3.63, 3.8) is 0 Å². The lowest BCUT2D eigenvalue weighted by atomic mass is 9.96. The molecule has 1 unspecified atom stereocenters. The third-order valence-electron chi connectivity index (χ3n) is 4.15. The van der Waals surface area contributed by atoms with Crippen molar-refractivity contribution in [1.29, 1.82) is 0 Å². The van der Waals surface area contributed by atoms with Crippen LogP contribution in [0.2, 0.25) is 0 Å². The molecule has 1 amide bonds. The molecule has 1 atom stereocenters. The molecule has 21 heavy (non-hydrogen) atoms. The molecule has 1 aliphatic rings. The summed E-state index contributed by atoms with van der Waals surface area (Å²) in [6.45, 7) is 7.19. The monoisotopic (exact) mass is 289 g/mol. The second-order valence-electron chi connectivity index (χ2n) is 5.87. The molecule has 0 saturated carbocycles. The zero-order valence-electron chi connectivity index (χ0n) is 13.2. The number of carbonyl (C=O) groups excluding carboxylic acids is 1. The van der Waals surface area contributed by atoms with E-state index in [-0.39, 0.29) is 5.91 Å². The average molecular weight is 289 g/mol. The summed E-state index contributed by atoms with van der Waals surface area (Å²) in [7, 11) is 0. The highest BCUT2D eigenvalue weighted by Crippen LogP contribution is 2.29. The summed E-state index contributed by atoms with van der Waals surface area (Å²) in [5.74, 6) is -0.226. The van der Waals surface area contributed by atoms with Crippen molar-refractivity contribution < 1.29 is 4.79 Å². The van der Waals surface area contributed by atoms with E-state index in [1.807, 2.05) is 0 Å². The van der Waals surface area contributed by atoms with E-state index < -0.39 is 0 Å². The lowest BCUT2D eigenvalue weighted by Gasteiger charge is -2.32. The second-order valence-corrected chi connectivity index (χ2v) is 5.87. The predicted molar refractivity (Wildman–Crippen MR) is 87.5 cm³/mol. The molecule has 116 valence electrons. The summed E-state index contributed by atoms with van der Waals surface area (Å²) in [6, 6.07) is 7.11. The fourth-order valence-electron chi connectivity index (χ4n) is 2.92. The minimum absolute atomic E-state index is 0.226. The van der Waals surface area contributed by atoms with Crippen molar-refractivity contribution >= 4 is 11.6 Å². The van der Waals surface area contributed by atoms with Crippen LogP contribution >= 0.6 is 0 Å². The third kappa shape index (κ3) is 4.21. The highest BCUT2D eigenvalue weighted by Gasteiger charge is 2.18. The summed E-state index contributed by atoms with van der Waals surface area (Å²) in [5.41, 5.74) is 9.28. The van der Waals surface area contributed by atoms with E-state index in [2.05, 4.69) is 42.3 Å². The van der Waals surface area contributed by atoms with Crippen LogP contribution < -0.4 is 16.0 Å². The Kier molecular flexibility index (Phi) is 5.62. The molecule has 0 radical (unpaired) electrons. The smallest absolute Gasteiger partial charge is 0.219 e. The standard InChI is InChI=1S/C17H27N3O/c1-3-9-19-13(2)14-6-7-16-15(12-14)5-4-10-20(16)11-8-17(18)21/h6-7,12-13,19H,3-5,8-11H2,1-2H3,(H2,18,21). The minimum atomic E-state index is -0.226. The molecule has 0 fully saturated rings. The molecule has 0 spiro atoms. The lowest BCUT2D eigenvalue weighted by molar-refractivity contribution is -0.117. The highest BCUT2D eigenvalue weighted by molar-refractivity contribution is 5.74. The Bertz CT molecular complexity index is 487. The number of rotatable bonds is 7. The van der Waals surface area contributed by atoms with E-state index in [0.717, 1.165) is 38.9 Å². The van der Waals surface area contributed by atoms with Gasteiger partial charge in [-0.15, -0.1) is 0 Å². The van der Waals surface area contributed by atoms with Crippen molar-refractivity contribution in [2.45, 2.75) is 45.6 Å². The maximum absolute atomic E-state index is 11.0. The SMILES string of the molecule is CCCNC(C)c1ccc2c(c1)CCCN2CCC(N)=O. The van der Waals surface area contributed by atoms with Crippen LogP contribution in [0, 0.1) is 0 Å². The van der Waals surface area contributed by atoms with Gasteiger partial charge in [0.15, 0.2) is 0 Å². The molecule has 0 aliphatic carbocycles. The fraction of sp³-hybridized carbons (Fsp3) is 0.588. The minimum Gasteiger partial charge on any atom is -0.371 e. The molecule has 4 nitrogen and oxygen atoms in total. The van der Waals surface area contributed by atoms with Crippen molar-refractivity contribution in [3.05, 3.63) is 29.3 Å². The van der Waals surface area contributed by atoms with Gasteiger partial charge in [-0.2, -0.15) is 0 Å². The second kappa shape index (κ2) is 7.46. The first-order valence-corrected chi connectivity index (χ1v) is 8.01. The van der Waals surface area contributed by atoms with Crippen molar-refractivity contribution in [1.82, 2.24) is 5.32 Å². The summed E-state index contributed by atoms with van der Waals surface area (Å²) in [4.78, 5) is 13.3. The largest absolute Gasteiger partial charge is 0.371 e. The van der Waals surface area contributed by atoms with Crippen LogP contribution in [-0.2, 0) is 11.2 Å². The maximum Gasteiger partial charge on any atom is 0.219 e. The van der Waals surface area contributed by atoms with Crippen LogP contribution in [-0.4, -0.2) is 25.5 Å². The molecule has 0 bridgehead atoms. The van der Waals surface area contributed by atoms with E-state index in [1.54, 1.807) is 0 Å². The quantitative estimate of drug-likeness (QED) is 0.810. The van der Waals surface area contributed by atoms with Gasteiger partial charge in [-0.05, 0) is 49.9 Å². The van der Waals surface area contributed by atoms with Gasteiger partial charge in [-0.1, -0.05) is 19.1 Å². The number of nitrogens with two attached hydrogens (primary N) is 1. The molecule has 1 aliphatic heterocycles. The molecule has 0 saturated heterocycles. The predicted octanol–water partition coefficient (Wildman–Crippen LogP) is 2.38. The highest BCUT2D eigenvalue weighted by atomic mass is 16.1. The number of amides is 1. The molecular formula is C17H27N3O. The molecule has 3 N–H and O–H groups in total. The van der Waals surface area contributed by atoms with Crippen LogP contribution in [0.5, 0.6) is 0 Å². The van der Waals surface area contributed by atoms with Gasteiger partial charge in [-0.3, -0.25) is 4.79 Å². The van der Waals surface area contributed by atoms with Crippen LogP contribution in [0.25, 0.3) is 0 Å². The zero-order chi connectivity index (χ0) is 15.2. The molecule has 1 heterocycles. The first-order valence-electron chi connectivity index (χ1n) is 8.01. The molecular weight excluding hydrogens is 262 g/mol. The van der Waals surface area contributed by atoms with Crippen LogP contribution in [0.1, 0.15) is 50.3 Å². The van der Waals surface area contributed by atoms with E-state index in [0.29, 0.717) is 12.5 Å². The van der Waals surface area contributed by atoms with Gasteiger partial charge in [-0.25, -0.2) is 0 Å². The summed E-state index contributed by atoms with van der Waals surface area (Å²) in [5, 5.41) is 3.53. The zero-order valence-corrected chi connectivity index (χ0v) is 13.2. The molecule has 1 aromatic rings. The topological polar surface area (TPSA) is 58.4 Å². The van der Waals surface area contributed by atoms with E-state index in [1.165, 1.54) is 16.8 Å². The van der Waals surface area contributed by atoms with Gasteiger partial charge >= 0.3 is 0 Å². The van der Waals surface area contributed by atoms with Crippen LogP contribution in [0.15, 0.2) is 18.2 Å². The Morgan fingerprint density at radius 2 is 2.29 bits per heavy atom. The third-order valence-corrected chi connectivity index (χ3v) is 4.15. The molecule has 2 rings (SSSR count). The van der Waals surface area contributed by atoms with Gasteiger partial charge in [0.25, 0.3) is 0 Å². The molecule has 1 aromatic carbocycles. The summed E-state index contributed by atoms with van der Waals surface area (Å²) >= 11 is 0. The van der Waals surface area contributed by atoms with Crippen LogP contribution in [0.4, 0.5) is 5.69 Å². The van der Waals surface area contributed by atoms with Gasteiger partial charge in [0.1, 0.15) is 0 Å². The van der Waals surface area contributed by atoms with Gasteiger partial charge < -0.3 is 16.0 Å². The number of aryl methyl sites for hydroxylation is 1. The Morgan fingerprint density at radius 1 is 1.48 bits per heavy atom. The maximum atomic E-state index is 11.0. The number of hydrogen-bond acceptors (Lipinski definition) is 3. The summed E-state index contributed by atoms with van der Waals surface area (Å²) in [6.07, 6.45) is 3.84. The number of hydrogen-bond donors (Lipinski definition) is 2. The average Bonchev–Trinajstić information content (AvgIpc) is 2.49. The first-order chi connectivity index (χ1) is 10.1. The number of anilines is 1. The number of fused-ring (bicyclic) bond motifs is 1. The van der Waals surface area contributed by atoms with E-state index >= 15 is 0 Å². The number of carbonyl (C=O) groups is 1. The van der Waals surface area contributed by atoms with Crippen molar-refractivity contribution in [3.8, 4) is 0 Å². The van der Waals surface area contributed by atoms with Gasteiger partial charge in [0, 0.05) is 31.2 Å². The van der Waals surface area contributed by atoms with Crippen molar-refractivity contribution in [2.75, 3.05) is 24.5 Å². The van der Waals surface area contributed by atoms with Gasteiger partial charge in [0.2, 0.25) is 5.91 Å².